The van der Waals surface area contributed by atoms with Gasteiger partial charge in [-0.25, -0.2) is 17.6 Å². The maximum absolute atomic E-state index is 13.1. The van der Waals surface area contributed by atoms with Crippen LogP contribution in [0.4, 0.5) is 17.6 Å². The average Bonchev–Trinajstić information content (AvgIpc) is 2.11. The highest BCUT2D eigenvalue weighted by Crippen LogP contribution is 2.25. The van der Waals surface area contributed by atoms with Crippen LogP contribution in [0.2, 0.25) is 0 Å². The second kappa shape index (κ2) is 4.09. The van der Waals surface area contributed by atoms with Gasteiger partial charge in [-0.3, -0.25) is 0 Å². The lowest BCUT2D eigenvalue weighted by Gasteiger charge is -2.05. The first-order chi connectivity index (χ1) is 6.57. The maximum Gasteiger partial charge on any atom is 0.266 e. The first-order valence-electron chi connectivity index (χ1n) is 3.69. The van der Waals surface area contributed by atoms with E-state index in [0.29, 0.717) is 6.07 Å². The van der Waals surface area contributed by atoms with Crippen LogP contribution in [-0.2, 0) is 6.42 Å². The molecule has 0 saturated carbocycles. The van der Waals surface area contributed by atoms with Gasteiger partial charge in [-0.1, -0.05) is 0 Å². The molecule has 1 aromatic rings. The van der Waals surface area contributed by atoms with Crippen molar-refractivity contribution in [3.8, 4) is 6.07 Å². The quantitative estimate of drug-likeness (QED) is 0.678. The first-order valence-corrected chi connectivity index (χ1v) is 3.69. The van der Waals surface area contributed by atoms with Gasteiger partial charge in [0.2, 0.25) is 0 Å². The normalized spacial score (nSPS) is 10.3. The number of halogens is 4. The Morgan fingerprint density at radius 2 is 1.93 bits per heavy atom. The largest absolute Gasteiger partial charge is 0.266 e. The van der Waals surface area contributed by atoms with E-state index in [2.05, 4.69) is 0 Å². The molecule has 0 fully saturated rings. The first kappa shape index (κ1) is 10.5. The van der Waals surface area contributed by atoms with Crippen molar-refractivity contribution in [2.75, 3.05) is 0 Å². The van der Waals surface area contributed by atoms with Crippen molar-refractivity contribution in [1.82, 2.24) is 0 Å². The SMILES string of the molecule is N#CCc1c(F)ccc(C(F)F)c1F. The minimum atomic E-state index is -3.01. The molecule has 0 N–H and O–H groups in total. The van der Waals surface area contributed by atoms with Gasteiger partial charge in [0, 0.05) is 5.56 Å². The number of hydrogen-bond acceptors (Lipinski definition) is 1. The fraction of sp³-hybridized carbons (Fsp3) is 0.222. The Hall–Kier alpha value is -1.57. The van der Waals surface area contributed by atoms with Crippen molar-refractivity contribution >= 4 is 0 Å². The molecule has 0 spiro atoms. The van der Waals surface area contributed by atoms with E-state index in [1.54, 1.807) is 0 Å². The molecule has 0 heterocycles. The van der Waals surface area contributed by atoms with Crippen molar-refractivity contribution in [2.45, 2.75) is 12.8 Å². The number of nitrogens with zero attached hydrogens (tertiary/aromatic N) is 1. The smallest absolute Gasteiger partial charge is 0.207 e. The van der Waals surface area contributed by atoms with Crippen molar-refractivity contribution in [3.05, 3.63) is 34.9 Å². The van der Waals surface area contributed by atoms with Crippen LogP contribution in [0.3, 0.4) is 0 Å². The van der Waals surface area contributed by atoms with Crippen LogP contribution < -0.4 is 0 Å². The van der Waals surface area contributed by atoms with Gasteiger partial charge in [0.15, 0.2) is 0 Å². The maximum atomic E-state index is 13.1. The van der Waals surface area contributed by atoms with Gasteiger partial charge in [0.25, 0.3) is 6.43 Å². The summed E-state index contributed by atoms with van der Waals surface area (Å²) in [5.41, 5.74) is -1.48. The van der Waals surface area contributed by atoms with Gasteiger partial charge in [-0.15, -0.1) is 0 Å². The minimum Gasteiger partial charge on any atom is -0.207 e. The summed E-state index contributed by atoms with van der Waals surface area (Å²) in [6.45, 7) is 0. The molecule has 74 valence electrons. The van der Waals surface area contributed by atoms with Crippen LogP contribution in [0.1, 0.15) is 17.6 Å². The molecule has 0 aromatic heterocycles. The minimum absolute atomic E-state index is 0.557. The van der Waals surface area contributed by atoms with Gasteiger partial charge in [0.1, 0.15) is 11.6 Å². The predicted octanol–water partition coefficient (Wildman–Crippen LogP) is 2.97. The molecule has 0 amide bonds. The Kier molecular flexibility index (Phi) is 3.07. The number of rotatable bonds is 2. The summed E-state index contributed by atoms with van der Waals surface area (Å²) in [6, 6.07) is 2.92. The molecule has 0 atom stereocenters. The second-order valence-corrected chi connectivity index (χ2v) is 2.56. The number of alkyl halides is 2. The van der Waals surface area contributed by atoms with E-state index in [1.807, 2.05) is 0 Å². The molecule has 0 aliphatic carbocycles. The van der Waals surface area contributed by atoms with E-state index >= 15 is 0 Å². The number of nitriles is 1. The lowest BCUT2D eigenvalue weighted by Crippen LogP contribution is -2.00. The summed E-state index contributed by atoms with van der Waals surface area (Å²) in [4.78, 5) is 0. The summed E-state index contributed by atoms with van der Waals surface area (Å²) in [7, 11) is 0. The fourth-order valence-electron chi connectivity index (χ4n) is 1.03. The van der Waals surface area contributed by atoms with E-state index in [9.17, 15) is 17.6 Å². The zero-order valence-corrected chi connectivity index (χ0v) is 6.90. The molecule has 1 aromatic carbocycles. The van der Waals surface area contributed by atoms with Crippen LogP contribution in [0.25, 0.3) is 0 Å². The Labute approximate surface area is 77.6 Å². The lowest BCUT2D eigenvalue weighted by atomic mass is 10.1. The molecule has 14 heavy (non-hydrogen) atoms. The monoisotopic (exact) mass is 203 g/mol. The topological polar surface area (TPSA) is 23.8 Å². The van der Waals surface area contributed by atoms with Crippen molar-refractivity contribution in [1.29, 1.82) is 5.26 Å². The third kappa shape index (κ3) is 1.84. The highest BCUT2D eigenvalue weighted by atomic mass is 19.3. The summed E-state index contributed by atoms with van der Waals surface area (Å²) < 4.78 is 50.2. The van der Waals surface area contributed by atoms with Gasteiger partial charge >= 0.3 is 0 Å². The lowest BCUT2D eigenvalue weighted by molar-refractivity contribution is 0.146. The van der Waals surface area contributed by atoms with Crippen LogP contribution in [0, 0.1) is 23.0 Å². The van der Waals surface area contributed by atoms with E-state index in [4.69, 9.17) is 5.26 Å². The molecule has 1 nitrogen and oxygen atoms in total. The fourth-order valence-corrected chi connectivity index (χ4v) is 1.03. The highest BCUT2D eigenvalue weighted by Gasteiger charge is 2.19. The molecule has 1 rings (SSSR count). The molecular formula is C9H5F4N. The van der Waals surface area contributed by atoms with E-state index in [1.165, 1.54) is 6.07 Å². The van der Waals surface area contributed by atoms with Gasteiger partial charge in [-0.05, 0) is 12.1 Å². The van der Waals surface area contributed by atoms with Crippen LogP contribution in [0.15, 0.2) is 12.1 Å². The highest BCUT2D eigenvalue weighted by molar-refractivity contribution is 5.30. The Bertz CT molecular complexity index is 381. The molecular weight excluding hydrogens is 198 g/mol. The van der Waals surface area contributed by atoms with E-state index in [-0.39, 0.29) is 0 Å². The summed E-state index contributed by atoms with van der Waals surface area (Å²) in [6.07, 6.45) is -3.56. The molecule has 0 saturated heterocycles. The standard InChI is InChI=1S/C9H5F4N/c10-7-2-1-6(9(12)13)8(11)5(7)3-4-14/h1-2,9H,3H2. The predicted molar refractivity (Wildman–Crippen MR) is 40.6 cm³/mol. The summed E-state index contributed by atoms with van der Waals surface area (Å²) in [5, 5.41) is 8.23. The van der Waals surface area contributed by atoms with Gasteiger partial charge in [-0.2, -0.15) is 5.26 Å². The zero-order valence-electron chi connectivity index (χ0n) is 6.90. The Morgan fingerprint density at radius 1 is 1.29 bits per heavy atom. The van der Waals surface area contributed by atoms with Crippen LogP contribution in [-0.4, -0.2) is 0 Å². The van der Waals surface area contributed by atoms with Gasteiger partial charge in [0.05, 0.1) is 18.1 Å². The van der Waals surface area contributed by atoms with Crippen molar-refractivity contribution < 1.29 is 17.6 Å². The zero-order chi connectivity index (χ0) is 10.7. The van der Waals surface area contributed by atoms with Crippen LogP contribution >= 0.6 is 0 Å². The molecule has 0 aliphatic heterocycles. The average molecular weight is 203 g/mol. The molecule has 0 aliphatic rings. The molecule has 0 radical (unpaired) electrons. The third-order valence-electron chi connectivity index (χ3n) is 1.71. The van der Waals surface area contributed by atoms with Crippen LogP contribution in [0.5, 0.6) is 0 Å². The molecule has 0 bridgehead atoms. The molecule has 0 unspecified atom stereocenters. The number of hydrogen-bond donors (Lipinski definition) is 0. The Morgan fingerprint density at radius 3 is 2.43 bits per heavy atom. The van der Waals surface area contributed by atoms with E-state index < -0.39 is 35.6 Å². The van der Waals surface area contributed by atoms with Gasteiger partial charge < -0.3 is 0 Å². The Balaban J connectivity index is 3.27. The summed E-state index contributed by atoms with van der Waals surface area (Å²) in [5.74, 6) is -2.31. The number of benzene rings is 1. The van der Waals surface area contributed by atoms with E-state index in [0.717, 1.165) is 6.07 Å². The van der Waals surface area contributed by atoms with Crippen molar-refractivity contribution in [3.63, 3.8) is 0 Å². The van der Waals surface area contributed by atoms with Crippen molar-refractivity contribution in [2.24, 2.45) is 0 Å². The third-order valence-corrected chi connectivity index (χ3v) is 1.71. The second-order valence-electron chi connectivity index (χ2n) is 2.56. The summed E-state index contributed by atoms with van der Waals surface area (Å²) >= 11 is 0. The molecule has 5 heteroatoms.